The Balaban J connectivity index is 0.000000229. The number of aliphatic hydroxyl groups is 1. The molecule has 0 atom stereocenters. The van der Waals surface area contributed by atoms with E-state index in [1.165, 1.54) is 18.4 Å². The van der Waals surface area contributed by atoms with Crippen LogP contribution in [0.4, 0.5) is 0 Å². The number of nitrogens with zero attached hydrogens (tertiary/aromatic N) is 3. The summed E-state index contributed by atoms with van der Waals surface area (Å²) >= 11 is 0. The molecule has 2 aliphatic rings. The summed E-state index contributed by atoms with van der Waals surface area (Å²) < 4.78 is 2.11. The van der Waals surface area contributed by atoms with Gasteiger partial charge in [0.25, 0.3) is 0 Å². The van der Waals surface area contributed by atoms with E-state index in [2.05, 4.69) is 45.2 Å². The topological polar surface area (TPSA) is 63.0 Å². The van der Waals surface area contributed by atoms with Crippen molar-refractivity contribution in [3.63, 3.8) is 0 Å². The predicted molar refractivity (Wildman–Crippen MR) is 93.3 cm³/mol. The molecule has 1 aromatic heterocycles. The molecule has 2 N–H and O–H groups in total. The third-order valence-electron chi connectivity index (χ3n) is 4.87. The lowest BCUT2D eigenvalue weighted by atomic mass is 9.95. The minimum absolute atomic E-state index is 0.0266. The van der Waals surface area contributed by atoms with Crippen LogP contribution in [0, 0.1) is 6.92 Å². The van der Waals surface area contributed by atoms with Crippen molar-refractivity contribution >= 4 is 0 Å². The normalized spacial score (nSPS) is 21.2. The van der Waals surface area contributed by atoms with E-state index >= 15 is 0 Å². The van der Waals surface area contributed by atoms with Gasteiger partial charge in [-0.05, 0) is 59.5 Å². The van der Waals surface area contributed by atoms with Crippen molar-refractivity contribution in [3.05, 3.63) is 35.4 Å². The second kappa shape index (κ2) is 7.88. The van der Waals surface area contributed by atoms with Gasteiger partial charge in [0.1, 0.15) is 11.6 Å². The second-order valence-electron chi connectivity index (χ2n) is 6.57. The van der Waals surface area contributed by atoms with Crippen molar-refractivity contribution in [1.82, 2.24) is 20.1 Å². The molecule has 23 heavy (non-hydrogen) atoms. The van der Waals surface area contributed by atoms with E-state index in [0.717, 1.165) is 37.6 Å². The first kappa shape index (κ1) is 17.9. The van der Waals surface area contributed by atoms with Crippen LogP contribution >= 0.6 is 0 Å². The Morgan fingerprint density at radius 1 is 1.30 bits per heavy atom. The molecule has 0 spiro atoms. The molecule has 0 aromatic carbocycles. The van der Waals surface area contributed by atoms with Crippen LogP contribution in [-0.4, -0.2) is 39.1 Å². The van der Waals surface area contributed by atoms with Gasteiger partial charge in [-0.2, -0.15) is 0 Å². The zero-order valence-electron chi connectivity index (χ0n) is 14.8. The van der Waals surface area contributed by atoms with Crippen LogP contribution < -0.4 is 5.32 Å². The molecule has 0 bridgehead atoms. The van der Waals surface area contributed by atoms with E-state index in [0.29, 0.717) is 0 Å². The molecule has 0 amide bonds. The summed E-state index contributed by atoms with van der Waals surface area (Å²) in [7, 11) is 2.05. The van der Waals surface area contributed by atoms with Crippen molar-refractivity contribution in [3.8, 4) is 0 Å². The van der Waals surface area contributed by atoms with Crippen LogP contribution in [0.5, 0.6) is 0 Å². The molecule has 0 radical (unpaired) electrons. The monoisotopic (exact) mass is 318 g/mol. The molecule has 1 saturated carbocycles. The van der Waals surface area contributed by atoms with Crippen molar-refractivity contribution in [2.45, 2.75) is 58.0 Å². The van der Waals surface area contributed by atoms with Gasteiger partial charge < -0.3 is 15.0 Å². The Kier molecular flexibility index (Phi) is 6.13. The lowest BCUT2D eigenvalue weighted by Crippen LogP contribution is -2.30. The van der Waals surface area contributed by atoms with Crippen LogP contribution in [0.3, 0.4) is 0 Å². The fourth-order valence-corrected chi connectivity index (χ4v) is 2.95. The van der Waals surface area contributed by atoms with E-state index in [-0.39, 0.29) is 11.5 Å². The Labute approximate surface area is 139 Å². The van der Waals surface area contributed by atoms with Crippen molar-refractivity contribution in [1.29, 1.82) is 0 Å². The predicted octanol–water partition coefficient (Wildman–Crippen LogP) is 2.41. The Bertz CT molecular complexity index is 564. The first-order chi connectivity index (χ1) is 11.0. The van der Waals surface area contributed by atoms with Crippen molar-refractivity contribution < 1.29 is 5.11 Å². The van der Waals surface area contributed by atoms with Gasteiger partial charge in [-0.1, -0.05) is 23.8 Å². The summed E-state index contributed by atoms with van der Waals surface area (Å²) in [5.74, 6) is 2.10. The van der Waals surface area contributed by atoms with Crippen molar-refractivity contribution in [2.24, 2.45) is 7.05 Å². The number of piperidine rings is 1. The molecule has 1 saturated heterocycles. The molecule has 1 aliphatic heterocycles. The standard InChI is InChI=1S/C13H19N3.C5H11NO/c1-5-6-7-10(2)13(8-9-13)12-15-14-11(3)16(12)4;7-5-1-3-6-4-2-5/h5-7H,8-9H2,1-4H3;5-7H,1-4H2/b6-5-,10-7+;. The molecule has 1 aliphatic carbocycles. The Hall–Kier alpha value is -1.46. The van der Waals surface area contributed by atoms with Gasteiger partial charge in [-0.25, -0.2) is 0 Å². The van der Waals surface area contributed by atoms with Gasteiger partial charge in [-0.3, -0.25) is 0 Å². The highest BCUT2D eigenvalue weighted by Crippen LogP contribution is 2.52. The lowest BCUT2D eigenvalue weighted by Gasteiger charge is -2.16. The van der Waals surface area contributed by atoms with Crippen LogP contribution in [0.25, 0.3) is 0 Å². The van der Waals surface area contributed by atoms with Gasteiger partial charge in [0.2, 0.25) is 0 Å². The number of allylic oxidation sites excluding steroid dienone is 4. The highest BCUT2D eigenvalue weighted by molar-refractivity contribution is 5.36. The number of hydrogen-bond donors (Lipinski definition) is 2. The van der Waals surface area contributed by atoms with Gasteiger partial charge in [0, 0.05) is 7.05 Å². The number of nitrogens with one attached hydrogen (secondary N) is 1. The third-order valence-corrected chi connectivity index (χ3v) is 4.87. The number of aromatic nitrogens is 3. The number of aliphatic hydroxyl groups excluding tert-OH is 1. The smallest absolute Gasteiger partial charge is 0.143 e. The van der Waals surface area contributed by atoms with Crippen LogP contribution in [0.15, 0.2) is 23.8 Å². The van der Waals surface area contributed by atoms with E-state index < -0.39 is 0 Å². The van der Waals surface area contributed by atoms with Crippen molar-refractivity contribution in [2.75, 3.05) is 13.1 Å². The summed E-state index contributed by atoms with van der Waals surface area (Å²) in [6.07, 6.45) is 10.6. The van der Waals surface area contributed by atoms with Gasteiger partial charge in [0.15, 0.2) is 0 Å². The average Bonchev–Trinajstić information content (AvgIpc) is 3.29. The molecule has 5 heteroatoms. The van der Waals surface area contributed by atoms with E-state index in [9.17, 15) is 0 Å². The maximum atomic E-state index is 8.87. The molecule has 2 heterocycles. The highest BCUT2D eigenvalue weighted by atomic mass is 16.3. The maximum absolute atomic E-state index is 8.87. The van der Waals surface area contributed by atoms with Crippen LogP contribution in [-0.2, 0) is 12.5 Å². The van der Waals surface area contributed by atoms with Crippen LogP contribution in [0.2, 0.25) is 0 Å². The highest BCUT2D eigenvalue weighted by Gasteiger charge is 2.49. The summed E-state index contributed by atoms with van der Waals surface area (Å²) in [5.41, 5.74) is 1.55. The number of hydrogen-bond acceptors (Lipinski definition) is 4. The Morgan fingerprint density at radius 2 is 1.96 bits per heavy atom. The molecular weight excluding hydrogens is 288 g/mol. The minimum Gasteiger partial charge on any atom is -0.393 e. The zero-order chi connectivity index (χ0) is 16.9. The summed E-state index contributed by atoms with van der Waals surface area (Å²) in [4.78, 5) is 0. The third kappa shape index (κ3) is 4.30. The lowest BCUT2D eigenvalue weighted by molar-refractivity contribution is 0.137. The quantitative estimate of drug-likeness (QED) is 0.840. The van der Waals surface area contributed by atoms with E-state index in [1.54, 1.807) is 0 Å². The SMILES string of the molecule is C/C=C\C=C(/C)C1(c2nnc(C)n2C)CC1.OC1CCNCC1. The molecule has 3 rings (SSSR count). The second-order valence-corrected chi connectivity index (χ2v) is 6.57. The van der Waals surface area contributed by atoms with Gasteiger partial charge in [0.05, 0.1) is 11.5 Å². The minimum atomic E-state index is -0.0266. The average molecular weight is 318 g/mol. The summed E-state index contributed by atoms with van der Waals surface area (Å²) in [5, 5.41) is 20.5. The molecule has 2 fully saturated rings. The number of rotatable bonds is 3. The first-order valence-electron chi connectivity index (χ1n) is 8.56. The van der Waals surface area contributed by atoms with Gasteiger partial charge in [-0.15, -0.1) is 10.2 Å². The van der Waals surface area contributed by atoms with Crippen LogP contribution in [0.1, 0.15) is 51.2 Å². The molecule has 0 unspecified atom stereocenters. The van der Waals surface area contributed by atoms with Gasteiger partial charge >= 0.3 is 0 Å². The largest absolute Gasteiger partial charge is 0.393 e. The fourth-order valence-electron chi connectivity index (χ4n) is 2.95. The van der Waals surface area contributed by atoms with E-state index in [1.807, 2.05) is 20.9 Å². The fraction of sp³-hybridized carbons (Fsp3) is 0.667. The molecule has 5 nitrogen and oxygen atoms in total. The Morgan fingerprint density at radius 3 is 2.35 bits per heavy atom. The summed E-state index contributed by atoms with van der Waals surface area (Å²) in [6, 6.07) is 0. The summed E-state index contributed by atoms with van der Waals surface area (Å²) in [6.45, 7) is 8.20. The molecular formula is C18H30N4O. The van der Waals surface area contributed by atoms with E-state index in [4.69, 9.17) is 5.11 Å². The zero-order valence-corrected chi connectivity index (χ0v) is 14.8. The number of aryl methyl sites for hydroxylation is 1. The molecule has 1 aromatic rings. The first-order valence-corrected chi connectivity index (χ1v) is 8.56. The molecule has 128 valence electrons. The maximum Gasteiger partial charge on any atom is 0.143 e.